The van der Waals surface area contributed by atoms with E-state index >= 15 is 0 Å². The van der Waals surface area contributed by atoms with E-state index in [9.17, 15) is 14.7 Å². The first kappa shape index (κ1) is 17.5. The molecule has 1 aromatic heterocycles. The van der Waals surface area contributed by atoms with Crippen LogP contribution < -0.4 is 10.9 Å². The number of hydrogen-bond acceptors (Lipinski definition) is 3. The van der Waals surface area contributed by atoms with Crippen molar-refractivity contribution in [3.05, 3.63) is 82.2 Å². The Morgan fingerprint density at radius 3 is 2.50 bits per heavy atom. The lowest BCUT2D eigenvalue weighted by Crippen LogP contribution is -2.29. The number of carbonyl (C=O) groups excluding carboxylic acids is 1. The van der Waals surface area contributed by atoms with Crippen molar-refractivity contribution in [1.29, 1.82) is 0 Å². The molecule has 5 nitrogen and oxygen atoms in total. The van der Waals surface area contributed by atoms with E-state index in [0.29, 0.717) is 16.6 Å². The number of aromatic nitrogens is 1. The number of pyridine rings is 1. The minimum Gasteiger partial charge on any atom is -0.506 e. The summed E-state index contributed by atoms with van der Waals surface area (Å²) in [5, 5.41) is 13.7. The molecule has 1 heterocycles. The molecule has 0 spiro atoms. The van der Waals surface area contributed by atoms with Gasteiger partial charge in [0, 0.05) is 17.6 Å². The van der Waals surface area contributed by atoms with E-state index in [2.05, 4.69) is 11.9 Å². The van der Waals surface area contributed by atoms with Crippen LogP contribution in [0.25, 0.3) is 10.9 Å². The lowest BCUT2D eigenvalue weighted by atomic mass is 10.1. The molecule has 2 aromatic carbocycles. The first-order valence-electron chi connectivity index (χ1n) is 8.27. The van der Waals surface area contributed by atoms with Crippen LogP contribution in [0.2, 0.25) is 0 Å². The topological polar surface area (TPSA) is 71.3 Å². The summed E-state index contributed by atoms with van der Waals surface area (Å²) in [7, 11) is 0. The maximum absolute atomic E-state index is 12.9. The Balaban J connectivity index is 2.16. The molecule has 0 atom stereocenters. The fraction of sp³-hybridized carbons (Fsp3) is 0.143. The van der Waals surface area contributed by atoms with E-state index in [1.54, 1.807) is 30.3 Å². The van der Waals surface area contributed by atoms with Crippen LogP contribution in [0.1, 0.15) is 21.5 Å². The highest BCUT2D eigenvalue weighted by molar-refractivity contribution is 6.09. The van der Waals surface area contributed by atoms with Crippen LogP contribution in [-0.4, -0.2) is 15.6 Å². The molecule has 0 aliphatic carbocycles. The van der Waals surface area contributed by atoms with Crippen LogP contribution in [0.4, 0.5) is 5.69 Å². The largest absolute Gasteiger partial charge is 0.506 e. The fourth-order valence-corrected chi connectivity index (χ4v) is 3.15. The molecule has 0 saturated heterocycles. The number of para-hydroxylation sites is 1. The van der Waals surface area contributed by atoms with Gasteiger partial charge in [0.15, 0.2) is 0 Å². The monoisotopic (exact) mass is 348 g/mol. The number of nitrogens with one attached hydrogen (secondary N) is 1. The third-order valence-electron chi connectivity index (χ3n) is 4.16. The summed E-state index contributed by atoms with van der Waals surface area (Å²) in [5.74, 6) is -0.950. The van der Waals surface area contributed by atoms with Crippen molar-refractivity contribution in [3.8, 4) is 5.75 Å². The Kier molecular flexibility index (Phi) is 4.63. The molecule has 5 heteroatoms. The molecule has 0 saturated carbocycles. The molecule has 0 aliphatic heterocycles. The van der Waals surface area contributed by atoms with Crippen LogP contribution in [-0.2, 0) is 6.54 Å². The second-order valence-electron chi connectivity index (χ2n) is 6.28. The molecule has 0 aliphatic rings. The lowest BCUT2D eigenvalue weighted by molar-refractivity contribution is 0.102. The summed E-state index contributed by atoms with van der Waals surface area (Å²) in [4.78, 5) is 25.6. The summed E-state index contributed by atoms with van der Waals surface area (Å²) in [6.45, 7) is 7.75. The van der Waals surface area contributed by atoms with Gasteiger partial charge in [0.25, 0.3) is 11.5 Å². The molecule has 26 heavy (non-hydrogen) atoms. The van der Waals surface area contributed by atoms with Crippen LogP contribution in [0.15, 0.2) is 59.9 Å². The molecule has 0 fully saturated rings. The van der Waals surface area contributed by atoms with Gasteiger partial charge in [0.1, 0.15) is 11.3 Å². The fourth-order valence-electron chi connectivity index (χ4n) is 3.15. The van der Waals surface area contributed by atoms with Crippen LogP contribution in [0, 0.1) is 13.8 Å². The van der Waals surface area contributed by atoms with Gasteiger partial charge in [-0.1, -0.05) is 24.3 Å². The number of hydrogen-bond donors (Lipinski definition) is 2. The normalized spacial score (nSPS) is 10.7. The smallest absolute Gasteiger partial charge is 0.268 e. The van der Waals surface area contributed by atoms with Crippen LogP contribution >= 0.6 is 0 Å². The Labute approximate surface area is 151 Å². The number of carbonyl (C=O) groups is 1. The van der Waals surface area contributed by atoms with Crippen molar-refractivity contribution in [1.82, 2.24) is 4.57 Å². The number of amides is 1. The number of aromatic hydroxyl groups is 1. The van der Waals surface area contributed by atoms with Gasteiger partial charge in [-0.15, -0.1) is 6.58 Å². The van der Waals surface area contributed by atoms with Gasteiger partial charge in [0.05, 0.1) is 5.52 Å². The van der Waals surface area contributed by atoms with Crippen molar-refractivity contribution in [2.75, 3.05) is 5.32 Å². The first-order chi connectivity index (χ1) is 12.4. The van der Waals surface area contributed by atoms with Crippen molar-refractivity contribution in [2.45, 2.75) is 20.4 Å². The number of anilines is 1. The van der Waals surface area contributed by atoms with Crippen molar-refractivity contribution in [2.24, 2.45) is 0 Å². The van der Waals surface area contributed by atoms with Crippen LogP contribution in [0.5, 0.6) is 5.75 Å². The minimum atomic E-state index is -0.638. The second-order valence-corrected chi connectivity index (χ2v) is 6.28. The van der Waals surface area contributed by atoms with Gasteiger partial charge in [-0.25, -0.2) is 0 Å². The summed E-state index contributed by atoms with van der Waals surface area (Å²) in [5.41, 5.74) is 2.29. The minimum absolute atomic E-state index is 0.240. The number of allylic oxidation sites excluding steroid dienone is 1. The highest BCUT2D eigenvalue weighted by Crippen LogP contribution is 2.27. The Morgan fingerprint density at radius 1 is 1.19 bits per heavy atom. The van der Waals surface area contributed by atoms with Crippen LogP contribution in [0.3, 0.4) is 0 Å². The zero-order chi connectivity index (χ0) is 18.8. The van der Waals surface area contributed by atoms with Gasteiger partial charge in [-0.05, 0) is 49.2 Å². The van der Waals surface area contributed by atoms with Crippen molar-refractivity contribution >= 4 is 22.5 Å². The quantitative estimate of drug-likeness (QED) is 0.705. The second kappa shape index (κ2) is 6.88. The summed E-state index contributed by atoms with van der Waals surface area (Å²) in [6, 6.07) is 12.5. The van der Waals surface area contributed by atoms with E-state index in [0.717, 1.165) is 11.1 Å². The summed E-state index contributed by atoms with van der Waals surface area (Å²) >= 11 is 0. The predicted octanol–water partition coefficient (Wildman–Crippen LogP) is 3.76. The molecular weight excluding hydrogens is 328 g/mol. The average molecular weight is 348 g/mol. The van der Waals surface area contributed by atoms with Gasteiger partial charge >= 0.3 is 0 Å². The SMILES string of the molecule is C=CCn1c(=O)c(C(=O)Nc2cc(C)cc(C)c2)c(O)c2ccccc21. The summed E-state index contributed by atoms with van der Waals surface area (Å²) < 4.78 is 1.43. The zero-order valence-electron chi connectivity index (χ0n) is 14.7. The Hall–Kier alpha value is -3.34. The van der Waals surface area contributed by atoms with Gasteiger partial charge in [-0.2, -0.15) is 0 Å². The predicted molar refractivity (Wildman–Crippen MR) is 104 cm³/mol. The zero-order valence-corrected chi connectivity index (χ0v) is 14.7. The van der Waals surface area contributed by atoms with Gasteiger partial charge < -0.3 is 15.0 Å². The average Bonchev–Trinajstić information content (AvgIpc) is 2.58. The van der Waals surface area contributed by atoms with Gasteiger partial charge in [0.2, 0.25) is 0 Å². The van der Waals surface area contributed by atoms with E-state index in [4.69, 9.17) is 0 Å². The number of aryl methyl sites for hydroxylation is 2. The maximum atomic E-state index is 12.9. The van der Waals surface area contributed by atoms with E-state index in [-0.39, 0.29) is 17.9 Å². The summed E-state index contributed by atoms with van der Waals surface area (Å²) in [6.07, 6.45) is 1.58. The number of nitrogens with zero attached hydrogens (tertiary/aromatic N) is 1. The Morgan fingerprint density at radius 2 is 1.85 bits per heavy atom. The van der Waals surface area contributed by atoms with Crippen molar-refractivity contribution < 1.29 is 9.90 Å². The van der Waals surface area contributed by atoms with Crippen molar-refractivity contribution in [3.63, 3.8) is 0 Å². The van der Waals surface area contributed by atoms with E-state index < -0.39 is 11.5 Å². The number of rotatable bonds is 4. The maximum Gasteiger partial charge on any atom is 0.268 e. The molecule has 3 aromatic rings. The van der Waals surface area contributed by atoms with Gasteiger partial charge in [-0.3, -0.25) is 9.59 Å². The third-order valence-corrected chi connectivity index (χ3v) is 4.16. The molecule has 2 N–H and O–H groups in total. The lowest BCUT2D eigenvalue weighted by Gasteiger charge is -2.14. The molecule has 1 amide bonds. The molecule has 0 unspecified atom stereocenters. The Bertz CT molecular complexity index is 1060. The molecule has 0 bridgehead atoms. The van der Waals surface area contributed by atoms with E-state index in [1.807, 2.05) is 32.0 Å². The number of fused-ring (bicyclic) bond motifs is 1. The molecular formula is C21H20N2O3. The number of benzene rings is 2. The highest BCUT2D eigenvalue weighted by atomic mass is 16.3. The standard InChI is InChI=1S/C21H20N2O3/c1-4-9-23-17-8-6-5-7-16(17)19(24)18(21(23)26)20(25)22-15-11-13(2)10-14(3)12-15/h4-8,10-12,24H,1,9H2,2-3H3,(H,22,25). The third kappa shape index (κ3) is 3.11. The highest BCUT2D eigenvalue weighted by Gasteiger charge is 2.22. The molecule has 132 valence electrons. The first-order valence-corrected chi connectivity index (χ1v) is 8.27. The molecule has 3 rings (SSSR count). The molecule has 0 radical (unpaired) electrons. The van der Waals surface area contributed by atoms with E-state index in [1.165, 1.54) is 4.57 Å².